The second kappa shape index (κ2) is 5.07. The lowest BCUT2D eigenvalue weighted by molar-refractivity contribution is 0.122. The van der Waals surface area contributed by atoms with E-state index in [1.54, 1.807) is 0 Å². The normalized spacial score (nSPS) is 30.9. The molecule has 0 bridgehead atoms. The van der Waals surface area contributed by atoms with Crippen molar-refractivity contribution in [3.63, 3.8) is 0 Å². The third-order valence-electron chi connectivity index (χ3n) is 4.36. The molecule has 0 unspecified atom stereocenters. The van der Waals surface area contributed by atoms with Gasteiger partial charge in [0, 0.05) is 17.2 Å². The largest absolute Gasteiger partial charge is 0.393 e. The van der Waals surface area contributed by atoms with E-state index in [1.807, 2.05) is 11.3 Å². The van der Waals surface area contributed by atoms with Crippen molar-refractivity contribution in [2.24, 2.45) is 0 Å². The summed E-state index contributed by atoms with van der Waals surface area (Å²) in [6.07, 6.45) is 9.56. The van der Waals surface area contributed by atoms with Gasteiger partial charge < -0.3 is 5.11 Å². The minimum absolute atomic E-state index is 0.0563. The van der Waals surface area contributed by atoms with Gasteiger partial charge in [0.05, 0.1) is 16.8 Å². The lowest BCUT2D eigenvalue weighted by Crippen LogP contribution is -2.17. The molecule has 2 fully saturated rings. The van der Waals surface area contributed by atoms with Crippen LogP contribution in [-0.4, -0.2) is 16.2 Å². The Bertz CT molecular complexity index is 362. The first-order chi connectivity index (χ1) is 8.33. The Hall–Kier alpha value is -0.410. The van der Waals surface area contributed by atoms with Gasteiger partial charge >= 0.3 is 0 Å². The third-order valence-corrected chi connectivity index (χ3v) is 5.38. The average molecular weight is 251 g/mol. The first-order valence-electron chi connectivity index (χ1n) is 6.96. The number of hydrogen-bond donors (Lipinski definition) is 1. The summed E-state index contributed by atoms with van der Waals surface area (Å²) in [5.74, 6) is 1.37. The molecule has 0 aromatic carbocycles. The predicted octanol–water partition coefficient (Wildman–Crippen LogP) is 3.82. The van der Waals surface area contributed by atoms with Crippen LogP contribution in [0.15, 0.2) is 5.38 Å². The molecule has 1 aromatic rings. The lowest BCUT2D eigenvalue weighted by atomic mass is 9.86. The molecule has 0 radical (unpaired) electrons. The molecule has 1 heterocycles. The highest BCUT2D eigenvalue weighted by Crippen LogP contribution is 2.39. The number of rotatable bonds is 2. The van der Waals surface area contributed by atoms with Crippen molar-refractivity contribution in [3.05, 3.63) is 16.1 Å². The molecular weight excluding hydrogens is 230 g/mol. The summed E-state index contributed by atoms with van der Waals surface area (Å²) in [7, 11) is 0. The average Bonchev–Trinajstić information content (AvgIpc) is 3.00. The van der Waals surface area contributed by atoms with Crippen molar-refractivity contribution in [2.75, 3.05) is 0 Å². The summed E-state index contributed by atoms with van der Waals surface area (Å²) in [5.41, 5.74) is 1.31. The van der Waals surface area contributed by atoms with Crippen LogP contribution in [0.5, 0.6) is 0 Å². The van der Waals surface area contributed by atoms with E-state index in [9.17, 15) is 5.11 Å². The quantitative estimate of drug-likeness (QED) is 0.866. The monoisotopic (exact) mass is 251 g/mol. The lowest BCUT2D eigenvalue weighted by Gasteiger charge is -2.23. The van der Waals surface area contributed by atoms with Crippen LogP contribution < -0.4 is 0 Å². The molecule has 2 saturated carbocycles. The first kappa shape index (κ1) is 11.7. The van der Waals surface area contributed by atoms with Crippen molar-refractivity contribution in [1.82, 2.24) is 4.98 Å². The smallest absolute Gasteiger partial charge is 0.0959 e. The van der Waals surface area contributed by atoms with E-state index >= 15 is 0 Å². The van der Waals surface area contributed by atoms with Crippen LogP contribution >= 0.6 is 11.3 Å². The summed E-state index contributed by atoms with van der Waals surface area (Å²) >= 11 is 1.87. The summed E-state index contributed by atoms with van der Waals surface area (Å²) < 4.78 is 0. The zero-order valence-corrected chi connectivity index (χ0v) is 11.1. The van der Waals surface area contributed by atoms with E-state index < -0.39 is 0 Å². The topological polar surface area (TPSA) is 33.1 Å². The summed E-state index contributed by atoms with van der Waals surface area (Å²) in [6.45, 7) is 0. The Kier molecular flexibility index (Phi) is 3.48. The van der Waals surface area contributed by atoms with Crippen LogP contribution in [0.1, 0.15) is 73.9 Å². The molecule has 2 nitrogen and oxygen atoms in total. The maximum absolute atomic E-state index is 9.53. The number of nitrogens with zero attached hydrogens (tertiary/aromatic N) is 1. The van der Waals surface area contributed by atoms with Crippen LogP contribution in [-0.2, 0) is 0 Å². The van der Waals surface area contributed by atoms with E-state index in [0.717, 1.165) is 31.6 Å². The van der Waals surface area contributed by atoms with Gasteiger partial charge in [-0.2, -0.15) is 0 Å². The molecule has 3 rings (SSSR count). The van der Waals surface area contributed by atoms with E-state index in [0.29, 0.717) is 5.92 Å². The summed E-state index contributed by atoms with van der Waals surface area (Å²) in [5, 5.41) is 13.2. The SMILES string of the molecule is OC1CCC(c2csc(C3CCCC3)n2)CC1. The number of aliphatic hydroxyl groups excluding tert-OH is 1. The van der Waals surface area contributed by atoms with Gasteiger partial charge in [-0.05, 0) is 38.5 Å². The van der Waals surface area contributed by atoms with Crippen LogP contribution in [0.4, 0.5) is 0 Å². The van der Waals surface area contributed by atoms with Crippen molar-refractivity contribution in [2.45, 2.75) is 69.3 Å². The highest BCUT2D eigenvalue weighted by atomic mass is 32.1. The molecule has 2 aliphatic rings. The maximum atomic E-state index is 9.53. The molecule has 0 spiro atoms. The van der Waals surface area contributed by atoms with Gasteiger partial charge in [-0.25, -0.2) is 4.98 Å². The van der Waals surface area contributed by atoms with Crippen molar-refractivity contribution in [1.29, 1.82) is 0 Å². The molecule has 1 N–H and O–H groups in total. The third kappa shape index (κ3) is 2.55. The number of aromatic nitrogens is 1. The Morgan fingerprint density at radius 1 is 1.00 bits per heavy atom. The van der Waals surface area contributed by atoms with E-state index in [2.05, 4.69) is 5.38 Å². The summed E-state index contributed by atoms with van der Waals surface area (Å²) in [4.78, 5) is 4.88. The number of thiazole rings is 1. The van der Waals surface area contributed by atoms with Crippen LogP contribution in [0.2, 0.25) is 0 Å². The predicted molar refractivity (Wildman–Crippen MR) is 70.5 cm³/mol. The molecule has 0 atom stereocenters. The second-order valence-electron chi connectivity index (χ2n) is 5.60. The van der Waals surface area contributed by atoms with Gasteiger partial charge in [-0.1, -0.05) is 12.8 Å². The Balaban J connectivity index is 1.67. The second-order valence-corrected chi connectivity index (χ2v) is 6.49. The fourth-order valence-electron chi connectivity index (χ4n) is 3.22. The van der Waals surface area contributed by atoms with Gasteiger partial charge in [-0.15, -0.1) is 11.3 Å². The number of aliphatic hydroxyl groups is 1. The minimum Gasteiger partial charge on any atom is -0.393 e. The Morgan fingerprint density at radius 2 is 1.71 bits per heavy atom. The highest BCUT2D eigenvalue weighted by Gasteiger charge is 2.25. The van der Waals surface area contributed by atoms with Gasteiger partial charge in [0.15, 0.2) is 0 Å². The molecular formula is C14H21NOS. The van der Waals surface area contributed by atoms with Gasteiger partial charge in [0.1, 0.15) is 0 Å². The summed E-state index contributed by atoms with van der Waals surface area (Å²) in [6, 6.07) is 0. The zero-order valence-electron chi connectivity index (χ0n) is 10.3. The zero-order chi connectivity index (χ0) is 11.7. The van der Waals surface area contributed by atoms with E-state index in [-0.39, 0.29) is 6.10 Å². The maximum Gasteiger partial charge on any atom is 0.0959 e. The van der Waals surface area contributed by atoms with E-state index in [4.69, 9.17) is 4.98 Å². The van der Waals surface area contributed by atoms with Crippen LogP contribution in [0.25, 0.3) is 0 Å². The van der Waals surface area contributed by atoms with Crippen molar-refractivity contribution < 1.29 is 5.11 Å². The van der Waals surface area contributed by atoms with Gasteiger partial charge in [-0.3, -0.25) is 0 Å². The van der Waals surface area contributed by atoms with Gasteiger partial charge in [0.25, 0.3) is 0 Å². The van der Waals surface area contributed by atoms with Crippen molar-refractivity contribution in [3.8, 4) is 0 Å². The number of hydrogen-bond acceptors (Lipinski definition) is 3. The molecule has 0 saturated heterocycles. The van der Waals surface area contributed by atoms with Crippen molar-refractivity contribution >= 4 is 11.3 Å². The van der Waals surface area contributed by atoms with Crippen LogP contribution in [0.3, 0.4) is 0 Å². The fraction of sp³-hybridized carbons (Fsp3) is 0.786. The molecule has 3 heteroatoms. The molecule has 17 heavy (non-hydrogen) atoms. The first-order valence-corrected chi connectivity index (χ1v) is 7.84. The molecule has 2 aliphatic carbocycles. The molecule has 0 aliphatic heterocycles. The van der Waals surface area contributed by atoms with Gasteiger partial charge in [0.2, 0.25) is 0 Å². The molecule has 94 valence electrons. The Morgan fingerprint density at radius 3 is 2.41 bits per heavy atom. The standard InChI is InChI=1S/C14H21NOS/c16-12-7-5-10(6-8-12)13-9-17-14(15-13)11-3-1-2-4-11/h9-12,16H,1-8H2. The van der Waals surface area contributed by atoms with E-state index in [1.165, 1.54) is 36.4 Å². The molecule has 1 aromatic heterocycles. The Labute approximate surface area is 107 Å². The highest BCUT2D eigenvalue weighted by molar-refractivity contribution is 7.09. The molecule has 0 amide bonds. The van der Waals surface area contributed by atoms with Crippen LogP contribution in [0, 0.1) is 0 Å². The fourth-order valence-corrected chi connectivity index (χ4v) is 4.29. The minimum atomic E-state index is -0.0563.